The Morgan fingerprint density at radius 3 is 2.25 bits per heavy atom. The first-order valence-corrected chi connectivity index (χ1v) is 6.60. The van der Waals surface area contributed by atoms with Gasteiger partial charge in [-0.15, -0.1) is 0 Å². The highest BCUT2D eigenvalue weighted by Gasteiger charge is 2.31. The number of rotatable bonds is 1. The molecule has 1 fully saturated rings. The van der Waals surface area contributed by atoms with E-state index in [1.807, 2.05) is 21.6 Å². The summed E-state index contributed by atoms with van der Waals surface area (Å²) in [6.07, 6.45) is 0. The average molecular weight is 196 g/mol. The monoisotopic (exact) mass is 196 g/mol. The molecular formula is C10H12S2. The smallest absolute Gasteiger partial charge is 0.0140 e. The highest BCUT2D eigenvalue weighted by atomic mass is 33.1. The summed E-state index contributed by atoms with van der Waals surface area (Å²) in [6, 6.07) is 10.8. The first kappa shape index (κ1) is 8.52. The Morgan fingerprint density at radius 1 is 1.08 bits per heavy atom. The van der Waals surface area contributed by atoms with Crippen LogP contribution in [0.1, 0.15) is 12.5 Å². The molecule has 0 amide bonds. The van der Waals surface area contributed by atoms with Gasteiger partial charge < -0.3 is 0 Å². The largest absolute Gasteiger partial charge is 0.0932 e. The van der Waals surface area contributed by atoms with Gasteiger partial charge in [0.2, 0.25) is 0 Å². The van der Waals surface area contributed by atoms with Crippen LogP contribution in [0.25, 0.3) is 0 Å². The summed E-state index contributed by atoms with van der Waals surface area (Å²) in [7, 11) is 3.99. The SMILES string of the molecule is CC1(c2ccccc2)CSSC1. The van der Waals surface area contributed by atoms with Crippen molar-refractivity contribution in [1.29, 1.82) is 0 Å². The third-order valence-electron chi connectivity index (χ3n) is 2.31. The summed E-state index contributed by atoms with van der Waals surface area (Å²) in [6.45, 7) is 2.36. The van der Waals surface area contributed by atoms with Crippen molar-refractivity contribution in [3.63, 3.8) is 0 Å². The van der Waals surface area contributed by atoms with Crippen LogP contribution in [-0.4, -0.2) is 11.5 Å². The summed E-state index contributed by atoms with van der Waals surface area (Å²) in [5.74, 6) is 2.50. The van der Waals surface area contributed by atoms with Crippen LogP contribution in [0.3, 0.4) is 0 Å². The Labute approximate surface area is 81.5 Å². The van der Waals surface area contributed by atoms with Gasteiger partial charge in [0, 0.05) is 16.9 Å². The van der Waals surface area contributed by atoms with Crippen LogP contribution in [0.4, 0.5) is 0 Å². The lowest BCUT2D eigenvalue weighted by Crippen LogP contribution is -2.23. The fourth-order valence-corrected chi connectivity index (χ4v) is 4.81. The van der Waals surface area contributed by atoms with Gasteiger partial charge in [-0.1, -0.05) is 58.8 Å². The topological polar surface area (TPSA) is 0 Å². The molecule has 2 rings (SSSR count). The summed E-state index contributed by atoms with van der Waals surface area (Å²) >= 11 is 0. The van der Waals surface area contributed by atoms with Crippen molar-refractivity contribution in [3.05, 3.63) is 35.9 Å². The highest BCUT2D eigenvalue weighted by Crippen LogP contribution is 2.44. The van der Waals surface area contributed by atoms with Crippen LogP contribution >= 0.6 is 21.6 Å². The first-order chi connectivity index (χ1) is 5.81. The lowest BCUT2D eigenvalue weighted by Gasteiger charge is -2.21. The van der Waals surface area contributed by atoms with E-state index < -0.39 is 0 Å². The van der Waals surface area contributed by atoms with Gasteiger partial charge in [-0.3, -0.25) is 0 Å². The van der Waals surface area contributed by atoms with Crippen LogP contribution in [0.2, 0.25) is 0 Å². The van der Waals surface area contributed by atoms with Gasteiger partial charge in [-0.25, -0.2) is 0 Å². The Kier molecular flexibility index (Phi) is 2.37. The van der Waals surface area contributed by atoms with Gasteiger partial charge in [0.1, 0.15) is 0 Å². The molecule has 1 aromatic carbocycles. The molecule has 0 nitrogen and oxygen atoms in total. The molecule has 0 spiro atoms. The molecule has 0 unspecified atom stereocenters. The average Bonchev–Trinajstić information content (AvgIpc) is 2.55. The van der Waals surface area contributed by atoms with Gasteiger partial charge in [0.05, 0.1) is 0 Å². The van der Waals surface area contributed by atoms with E-state index >= 15 is 0 Å². The summed E-state index contributed by atoms with van der Waals surface area (Å²) in [4.78, 5) is 0. The standard InChI is InChI=1S/C10H12S2/c1-10(7-11-12-8-10)9-5-3-2-4-6-9/h2-6H,7-8H2,1H3. The van der Waals surface area contributed by atoms with Crippen LogP contribution in [0, 0.1) is 0 Å². The second-order valence-corrected chi connectivity index (χ2v) is 5.91. The molecule has 1 aromatic rings. The maximum Gasteiger partial charge on any atom is 0.0140 e. The summed E-state index contributed by atoms with van der Waals surface area (Å²) < 4.78 is 0. The molecule has 0 N–H and O–H groups in total. The van der Waals surface area contributed by atoms with Gasteiger partial charge in [-0.2, -0.15) is 0 Å². The minimum atomic E-state index is 0.413. The van der Waals surface area contributed by atoms with E-state index in [9.17, 15) is 0 Å². The van der Waals surface area contributed by atoms with Crippen molar-refractivity contribution >= 4 is 21.6 Å². The normalized spacial score (nSPS) is 21.1. The Hall–Kier alpha value is -0.0800. The maximum atomic E-state index is 2.36. The maximum absolute atomic E-state index is 2.36. The van der Waals surface area contributed by atoms with Crippen molar-refractivity contribution in [3.8, 4) is 0 Å². The van der Waals surface area contributed by atoms with Crippen molar-refractivity contribution in [1.82, 2.24) is 0 Å². The van der Waals surface area contributed by atoms with Crippen molar-refractivity contribution in [2.45, 2.75) is 12.3 Å². The fourth-order valence-electron chi connectivity index (χ4n) is 1.39. The number of benzene rings is 1. The van der Waals surface area contributed by atoms with E-state index in [1.165, 1.54) is 17.1 Å². The molecule has 0 atom stereocenters. The molecule has 1 aliphatic heterocycles. The van der Waals surface area contributed by atoms with Crippen LogP contribution in [0.15, 0.2) is 30.3 Å². The molecule has 1 heterocycles. The van der Waals surface area contributed by atoms with Crippen LogP contribution < -0.4 is 0 Å². The predicted molar refractivity (Wildman–Crippen MR) is 58.7 cm³/mol. The van der Waals surface area contributed by atoms with E-state index in [0.29, 0.717) is 5.41 Å². The van der Waals surface area contributed by atoms with Crippen LogP contribution in [0.5, 0.6) is 0 Å². The minimum absolute atomic E-state index is 0.413. The zero-order valence-corrected chi connectivity index (χ0v) is 8.75. The third-order valence-corrected chi connectivity index (χ3v) is 5.19. The van der Waals surface area contributed by atoms with E-state index in [2.05, 4.69) is 37.3 Å². The lowest BCUT2D eigenvalue weighted by molar-refractivity contribution is 0.622. The molecule has 0 bridgehead atoms. The Balaban J connectivity index is 2.29. The molecule has 64 valence electrons. The second-order valence-electron chi connectivity index (χ2n) is 3.45. The zero-order valence-electron chi connectivity index (χ0n) is 7.12. The quantitative estimate of drug-likeness (QED) is 0.632. The molecule has 1 saturated heterocycles. The highest BCUT2D eigenvalue weighted by molar-refractivity contribution is 8.77. The fraction of sp³-hybridized carbons (Fsp3) is 0.400. The second kappa shape index (κ2) is 3.35. The van der Waals surface area contributed by atoms with Gasteiger partial charge in [0.15, 0.2) is 0 Å². The molecule has 0 aliphatic carbocycles. The minimum Gasteiger partial charge on any atom is -0.0932 e. The van der Waals surface area contributed by atoms with Crippen molar-refractivity contribution in [2.24, 2.45) is 0 Å². The van der Waals surface area contributed by atoms with Gasteiger partial charge in [0.25, 0.3) is 0 Å². The molecule has 2 heteroatoms. The van der Waals surface area contributed by atoms with Crippen LogP contribution in [-0.2, 0) is 5.41 Å². The zero-order chi connectivity index (χ0) is 8.44. The van der Waals surface area contributed by atoms with Gasteiger partial charge in [-0.05, 0) is 5.56 Å². The molecule has 12 heavy (non-hydrogen) atoms. The van der Waals surface area contributed by atoms with E-state index in [0.717, 1.165) is 0 Å². The van der Waals surface area contributed by atoms with Crippen molar-refractivity contribution < 1.29 is 0 Å². The van der Waals surface area contributed by atoms with Crippen molar-refractivity contribution in [2.75, 3.05) is 11.5 Å². The Bertz CT molecular complexity index is 250. The third kappa shape index (κ3) is 1.50. The molecule has 1 aliphatic rings. The van der Waals surface area contributed by atoms with E-state index in [4.69, 9.17) is 0 Å². The Morgan fingerprint density at radius 2 is 1.67 bits per heavy atom. The molecule has 0 aromatic heterocycles. The van der Waals surface area contributed by atoms with Gasteiger partial charge >= 0.3 is 0 Å². The lowest BCUT2D eigenvalue weighted by atomic mass is 9.87. The molecule has 0 radical (unpaired) electrons. The molecular weight excluding hydrogens is 184 g/mol. The first-order valence-electron chi connectivity index (χ1n) is 4.11. The van der Waals surface area contributed by atoms with E-state index in [1.54, 1.807) is 0 Å². The molecule has 0 saturated carbocycles. The predicted octanol–water partition coefficient (Wildman–Crippen LogP) is 3.34. The summed E-state index contributed by atoms with van der Waals surface area (Å²) in [5, 5.41) is 0. The summed E-state index contributed by atoms with van der Waals surface area (Å²) in [5.41, 5.74) is 1.90. The number of hydrogen-bond donors (Lipinski definition) is 0. The van der Waals surface area contributed by atoms with E-state index in [-0.39, 0.29) is 0 Å². The number of hydrogen-bond acceptors (Lipinski definition) is 2.